The van der Waals surface area contributed by atoms with Crippen molar-refractivity contribution in [3.63, 3.8) is 0 Å². The molecular weight excluding hydrogens is 386 g/mol. The fourth-order valence-electron chi connectivity index (χ4n) is 4.23. The van der Waals surface area contributed by atoms with E-state index in [4.69, 9.17) is 14.5 Å². The van der Waals surface area contributed by atoms with Crippen molar-refractivity contribution in [3.05, 3.63) is 59.9 Å². The van der Waals surface area contributed by atoms with Gasteiger partial charge in [-0.1, -0.05) is 31.2 Å². The maximum Gasteiger partial charge on any atom is 0.119 e. The van der Waals surface area contributed by atoms with Gasteiger partial charge in [0.2, 0.25) is 0 Å². The van der Waals surface area contributed by atoms with Gasteiger partial charge in [0, 0.05) is 26.1 Å². The zero-order chi connectivity index (χ0) is 21.3. The summed E-state index contributed by atoms with van der Waals surface area (Å²) >= 11 is 0. The number of ether oxygens (including phenoxy) is 2. The first kappa shape index (κ1) is 21.8. The Morgan fingerprint density at radius 3 is 2.55 bits per heavy atom. The van der Waals surface area contributed by atoms with E-state index in [0.717, 1.165) is 89.4 Å². The van der Waals surface area contributed by atoms with Crippen LogP contribution in [0.4, 0.5) is 0 Å². The van der Waals surface area contributed by atoms with Crippen LogP contribution >= 0.6 is 0 Å². The first-order chi connectivity index (χ1) is 15.3. The predicted molar refractivity (Wildman–Crippen MR) is 126 cm³/mol. The van der Waals surface area contributed by atoms with Crippen molar-refractivity contribution in [2.75, 3.05) is 39.5 Å². The highest BCUT2D eigenvalue weighted by Gasteiger charge is 2.13. The highest BCUT2D eigenvalue weighted by molar-refractivity contribution is 5.75. The van der Waals surface area contributed by atoms with E-state index in [1.807, 2.05) is 0 Å². The average Bonchev–Trinajstić information content (AvgIpc) is 3.17. The number of unbranched alkanes of at least 4 members (excludes halogenated alkanes) is 1. The molecule has 1 aromatic heterocycles. The number of para-hydroxylation sites is 2. The second-order valence-electron chi connectivity index (χ2n) is 8.28. The Morgan fingerprint density at radius 1 is 0.935 bits per heavy atom. The number of nitrogens with zero attached hydrogens (tertiary/aromatic N) is 3. The molecule has 1 fully saturated rings. The van der Waals surface area contributed by atoms with Crippen molar-refractivity contribution >= 4 is 11.0 Å². The molecule has 3 aromatic rings. The molecule has 1 aliphatic rings. The van der Waals surface area contributed by atoms with E-state index in [-0.39, 0.29) is 0 Å². The van der Waals surface area contributed by atoms with Crippen LogP contribution in [0.25, 0.3) is 11.0 Å². The number of fused-ring (bicyclic) bond motifs is 1. The molecule has 0 radical (unpaired) electrons. The van der Waals surface area contributed by atoms with Crippen LogP contribution in [0.2, 0.25) is 0 Å². The van der Waals surface area contributed by atoms with Crippen molar-refractivity contribution in [1.29, 1.82) is 0 Å². The number of aromatic nitrogens is 2. The number of benzene rings is 2. The lowest BCUT2D eigenvalue weighted by atomic mass is 10.2. The summed E-state index contributed by atoms with van der Waals surface area (Å²) in [4.78, 5) is 7.45. The van der Waals surface area contributed by atoms with Crippen LogP contribution in [0.15, 0.2) is 48.5 Å². The fourth-order valence-corrected chi connectivity index (χ4v) is 4.23. The van der Waals surface area contributed by atoms with E-state index in [9.17, 15) is 0 Å². The average molecular weight is 422 g/mol. The van der Waals surface area contributed by atoms with E-state index in [2.05, 4.69) is 64.9 Å². The maximum absolute atomic E-state index is 5.93. The van der Waals surface area contributed by atoms with Gasteiger partial charge in [0.15, 0.2) is 0 Å². The van der Waals surface area contributed by atoms with Crippen LogP contribution in [0, 0.1) is 0 Å². The molecule has 31 heavy (non-hydrogen) atoms. The molecule has 0 atom stereocenters. The van der Waals surface area contributed by atoms with E-state index < -0.39 is 0 Å². The molecule has 0 N–H and O–H groups in total. The van der Waals surface area contributed by atoms with Crippen LogP contribution in [0.3, 0.4) is 0 Å². The van der Waals surface area contributed by atoms with E-state index in [1.165, 1.54) is 16.9 Å². The van der Waals surface area contributed by atoms with Gasteiger partial charge >= 0.3 is 0 Å². The van der Waals surface area contributed by atoms with Gasteiger partial charge in [0.25, 0.3) is 0 Å². The molecule has 0 aliphatic carbocycles. The molecule has 0 spiro atoms. The molecule has 0 bridgehead atoms. The Morgan fingerprint density at radius 2 is 1.74 bits per heavy atom. The minimum absolute atomic E-state index is 0.754. The first-order valence-corrected chi connectivity index (χ1v) is 11.8. The molecule has 0 unspecified atom stereocenters. The molecule has 5 nitrogen and oxygen atoms in total. The molecule has 2 aromatic carbocycles. The Kier molecular flexibility index (Phi) is 7.97. The lowest BCUT2D eigenvalue weighted by molar-refractivity contribution is 0.0374. The van der Waals surface area contributed by atoms with Gasteiger partial charge in [0.05, 0.1) is 30.9 Å². The number of morpholine rings is 1. The summed E-state index contributed by atoms with van der Waals surface area (Å²) in [6.07, 6.45) is 5.35. The van der Waals surface area contributed by atoms with Gasteiger partial charge in [-0.15, -0.1) is 0 Å². The lowest BCUT2D eigenvalue weighted by Crippen LogP contribution is -2.37. The number of rotatable bonds is 11. The smallest absolute Gasteiger partial charge is 0.119 e. The SMILES string of the molecule is CCc1ccc(OCCCCn2c(CCCN3CCOCC3)nc3ccccc32)cc1. The van der Waals surface area contributed by atoms with Crippen LogP contribution in [-0.4, -0.2) is 53.9 Å². The van der Waals surface area contributed by atoms with Crippen molar-refractivity contribution in [3.8, 4) is 5.75 Å². The summed E-state index contributed by atoms with van der Waals surface area (Å²) in [5.74, 6) is 2.18. The minimum Gasteiger partial charge on any atom is -0.494 e. The molecule has 1 aliphatic heterocycles. The molecular formula is C26H35N3O2. The number of aryl methyl sites for hydroxylation is 3. The summed E-state index contributed by atoms with van der Waals surface area (Å²) in [6, 6.07) is 17.0. The second-order valence-corrected chi connectivity index (χ2v) is 8.28. The maximum atomic E-state index is 5.93. The largest absolute Gasteiger partial charge is 0.494 e. The van der Waals surface area contributed by atoms with Crippen molar-refractivity contribution < 1.29 is 9.47 Å². The second kappa shape index (κ2) is 11.3. The van der Waals surface area contributed by atoms with Crippen molar-refractivity contribution in [2.24, 2.45) is 0 Å². The summed E-state index contributed by atoms with van der Waals surface area (Å²) in [6.45, 7) is 8.88. The monoisotopic (exact) mass is 421 g/mol. The topological polar surface area (TPSA) is 39.5 Å². The van der Waals surface area contributed by atoms with Crippen LogP contribution in [0.5, 0.6) is 5.75 Å². The lowest BCUT2D eigenvalue weighted by Gasteiger charge is -2.26. The third-order valence-corrected chi connectivity index (χ3v) is 6.09. The third kappa shape index (κ3) is 6.08. The van der Waals surface area contributed by atoms with Crippen LogP contribution in [-0.2, 0) is 24.1 Å². The summed E-state index contributed by atoms with van der Waals surface area (Å²) < 4.78 is 13.8. The Balaban J connectivity index is 1.28. The predicted octanol–water partition coefficient (Wildman–Crippen LogP) is 4.72. The third-order valence-electron chi connectivity index (χ3n) is 6.09. The fraction of sp³-hybridized carbons (Fsp3) is 0.500. The van der Waals surface area contributed by atoms with Gasteiger partial charge < -0.3 is 14.0 Å². The van der Waals surface area contributed by atoms with Gasteiger partial charge in [-0.25, -0.2) is 4.98 Å². The Labute approximate surface area is 186 Å². The zero-order valence-corrected chi connectivity index (χ0v) is 18.8. The van der Waals surface area contributed by atoms with Crippen molar-refractivity contribution in [2.45, 2.75) is 45.6 Å². The minimum atomic E-state index is 0.754. The summed E-state index contributed by atoms with van der Waals surface area (Å²) in [7, 11) is 0. The Hall–Kier alpha value is -2.37. The molecule has 0 saturated carbocycles. The highest BCUT2D eigenvalue weighted by Crippen LogP contribution is 2.19. The van der Waals surface area contributed by atoms with Crippen molar-refractivity contribution in [1.82, 2.24) is 14.5 Å². The van der Waals surface area contributed by atoms with E-state index in [0.29, 0.717) is 0 Å². The number of hydrogen-bond donors (Lipinski definition) is 0. The summed E-state index contributed by atoms with van der Waals surface area (Å²) in [5, 5.41) is 0. The van der Waals surface area contributed by atoms with Gasteiger partial charge in [-0.05, 0) is 62.1 Å². The summed E-state index contributed by atoms with van der Waals surface area (Å²) in [5.41, 5.74) is 3.71. The zero-order valence-electron chi connectivity index (χ0n) is 18.8. The van der Waals surface area contributed by atoms with Gasteiger partial charge in [-0.2, -0.15) is 0 Å². The first-order valence-electron chi connectivity index (χ1n) is 11.8. The molecule has 4 rings (SSSR count). The van der Waals surface area contributed by atoms with E-state index in [1.54, 1.807) is 0 Å². The highest BCUT2D eigenvalue weighted by atomic mass is 16.5. The van der Waals surface area contributed by atoms with Gasteiger partial charge in [0.1, 0.15) is 11.6 Å². The van der Waals surface area contributed by atoms with Crippen LogP contribution in [0.1, 0.15) is 37.6 Å². The van der Waals surface area contributed by atoms with Gasteiger partial charge in [-0.3, -0.25) is 4.90 Å². The van der Waals surface area contributed by atoms with E-state index >= 15 is 0 Å². The molecule has 166 valence electrons. The number of hydrogen-bond acceptors (Lipinski definition) is 4. The normalized spacial score (nSPS) is 14.9. The molecule has 1 saturated heterocycles. The van der Waals surface area contributed by atoms with Crippen LogP contribution < -0.4 is 4.74 Å². The molecule has 5 heteroatoms. The quantitative estimate of drug-likeness (QED) is 0.420. The standard InChI is InChI=1S/C26H35N3O2/c1-2-22-11-13-23(14-12-22)31-19-6-5-16-29-25-9-4-3-8-24(25)27-26(29)10-7-15-28-17-20-30-21-18-28/h3-4,8-9,11-14H,2,5-7,10,15-21H2,1H3. The Bertz CT molecular complexity index is 929. The molecule has 2 heterocycles. The molecule has 0 amide bonds. The number of imidazole rings is 1.